The van der Waals surface area contributed by atoms with Gasteiger partial charge in [0.05, 0.1) is 45.5 Å². The monoisotopic (exact) mass is 730 g/mol. The predicted octanol–water partition coefficient (Wildman–Crippen LogP) is 13.1. The molecule has 0 amide bonds. The molecule has 4 nitrogen and oxygen atoms in total. The van der Waals surface area contributed by atoms with E-state index in [1.165, 1.54) is 97.5 Å². The lowest BCUT2D eigenvalue weighted by Gasteiger charge is -2.36. The van der Waals surface area contributed by atoms with Gasteiger partial charge in [0.15, 0.2) is 0 Å². The van der Waals surface area contributed by atoms with Gasteiger partial charge in [-0.3, -0.25) is 0 Å². The van der Waals surface area contributed by atoms with Gasteiger partial charge in [-0.25, -0.2) is 0 Å². The SMILES string of the molecule is CN1c2c(c3ccccc3c3c4ccc(N5c6ccccc6Sc6ccccc65)cc4n(C)c23)C2C=CC(N3c4ccccc4Sc4ccccc43)=CC21. The molecule has 0 N–H and O–H groups in total. The summed E-state index contributed by atoms with van der Waals surface area (Å²) in [5.41, 5.74) is 12.6. The van der Waals surface area contributed by atoms with Crippen molar-refractivity contribution >= 4 is 90.2 Å². The maximum Gasteiger partial charge on any atom is 0.0736 e. The lowest BCUT2D eigenvalue weighted by atomic mass is 9.86. The molecule has 4 aliphatic rings. The van der Waals surface area contributed by atoms with Gasteiger partial charge < -0.3 is 19.3 Å². The van der Waals surface area contributed by atoms with Crippen molar-refractivity contribution < 1.29 is 0 Å². The van der Waals surface area contributed by atoms with Crippen molar-refractivity contribution in [1.29, 1.82) is 0 Å². The molecule has 0 spiro atoms. The number of aromatic nitrogens is 1. The van der Waals surface area contributed by atoms with E-state index in [1.54, 1.807) is 0 Å². The molecule has 2 atom stereocenters. The van der Waals surface area contributed by atoms with Crippen LogP contribution in [0.3, 0.4) is 0 Å². The molecule has 1 aliphatic carbocycles. The Labute approximate surface area is 322 Å². The zero-order chi connectivity index (χ0) is 35.7. The Balaban J connectivity index is 1.05. The highest BCUT2D eigenvalue weighted by molar-refractivity contribution is 8.00. The van der Waals surface area contributed by atoms with Gasteiger partial charge in [-0.1, -0.05) is 108 Å². The quantitative estimate of drug-likeness (QED) is 0.175. The molecule has 0 fully saturated rings. The minimum Gasteiger partial charge on any atom is -0.365 e. The van der Waals surface area contributed by atoms with E-state index in [-0.39, 0.29) is 12.0 Å². The van der Waals surface area contributed by atoms with Crippen molar-refractivity contribution in [3.8, 4) is 0 Å². The van der Waals surface area contributed by atoms with Gasteiger partial charge in [-0.05, 0) is 89.2 Å². The van der Waals surface area contributed by atoms with E-state index < -0.39 is 0 Å². The van der Waals surface area contributed by atoms with Gasteiger partial charge in [-0.15, -0.1) is 0 Å². The Bertz CT molecular complexity index is 2880. The average Bonchev–Trinajstić information content (AvgIpc) is 3.68. The van der Waals surface area contributed by atoms with Crippen molar-refractivity contribution in [2.45, 2.75) is 31.5 Å². The van der Waals surface area contributed by atoms with Crippen molar-refractivity contribution in [1.82, 2.24) is 4.57 Å². The Hall–Kier alpha value is -5.82. The zero-order valence-electron chi connectivity index (χ0n) is 29.8. The highest BCUT2D eigenvalue weighted by Gasteiger charge is 2.41. The number of benzene rings is 7. The Morgan fingerprint density at radius 3 is 1.69 bits per heavy atom. The lowest BCUT2D eigenvalue weighted by Crippen LogP contribution is -2.32. The van der Waals surface area contributed by atoms with Crippen LogP contribution in [0.1, 0.15) is 11.5 Å². The molecule has 54 heavy (non-hydrogen) atoms. The number of hydrogen-bond acceptors (Lipinski definition) is 5. The highest BCUT2D eigenvalue weighted by Crippen LogP contribution is 2.56. The van der Waals surface area contributed by atoms with Crippen LogP contribution in [0.2, 0.25) is 0 Å². The van der Waals surface area contributed by atoms with Crippen molar-refractivity contribution in [2.24, 2.45) is 7.05 Å². The van der Waals surface area contributed by atoms with Gasteiger partial charge in [-0.2, -0.15) is 0 Å². The van der Waals surface area contributed by atoms with Crippen LogP contribution in [0.25, 0.3) is 32.6 Å². The van der Waals surface area contributed by atoms with Crippen LogP contribution in [0.15, 0.2) is 183 Å². The predicted molar refractivity (Wildman–Crippen MR) is 228 cm³/mol. The van der Waals surface area contributed by atoms with Crippen LogP contribution >= 0.6 is 23.5 Å². The van der Waals surface area contributed by atoms with Crippen LogP contribution in [-0.4, -0.2) is 17.7 Å². The maximum absolute atomic E-state index is 2.56. The highest BCUT2D eigenvalue weighted by atomic mass is 32.2. The number of nitrogens with zero attached hydrogens (tertiary/aromatic N) is 4. The first-order chi connectivity index (χ1) is 26.6. The first-order valence-corrected chi connectivity index (χ1v) is 20.2. The van der Waals surface area contributed by atoms with E-state index in [9.17, 15) is 0 Å². The number of aryl methyl sites for hydroxylation is 1. The summed E-state index contributed by atoms with van der Waals surface area (Å²) in [6.45, 7) is 0. The normalized spacial score (nSPS) is 18.0. The Morgan fingerprint density at radius 2 is 1.07 bits per heavy atom. The molecule has 0 bridgehead atoms. The molecule has 2 unspecified atom stereocenters. The largest absolute Gasteiger partial charge is 0.365 e. The van der Waals surface area contributed by atoms with E-state index in [1.807, 2.05) is 23.5 Å². The van der Waals surface area contributed by atoms with Crippen LogP contribution in [-0.2, 0) is 7.05 Å². The van der Waals surface area contributed by atoms with Crippen molar-refractivity contribution in [2.75, 3.05) is 21.7 Å². The number of fused-ring (bicyclic) bond motifs is 14. The Morgan fingerprint density at radius 1 is 0.537 bits per heavy atom. The number of hydrogen-bond donors (Lipinski definition) is 0. The summed E-state index contributed by atoms with van der Waals surface area (Å²) < 4.78 is 2.46. The molecular formula is C48H34N4S2. The van der Waals surface area contributed by atoms with Gasteiger partial charge in [0.1, 0.15) is 0 Å². The fourth-order valence-corrected chi connectivity index (χ4v) is 11.6. The number of allylic oxidation sites excluding steroid dienone is 1. The summed E-state index contributed by atoms with van der Waals surface area (Å²) in [7, 11) is 4.57. The van der Waals surface area contributed by atoms with E-state index in [0.717, 1.165) is 0 Å². The smallest absolute Gasteiger partial charge is 0.0736 e. The fraction of sp³-hybridized carbons (Fsp3) is 0.0833. The van der Waals surface area contributed by atoms with Crippen LogP contribution in [0.5, 0.6) is 0 Å². The molecule has 0 saturated carbocycles. The second-order valence-corrected chi connectivity index (χ2v) is 16.8. The molecule has 7 aromatic carbocycles. The topological polar surface area (TPSA) is 14.7 Å². The molecule has 6 heteroatoms. The molecule has 0 radical (unpaired) electrons. The van der Waals surface area contributed by atoms with E-state index in [0.29, 0.717) is 0 Å². The van der Waals surface area contributed by atoms with Gasteiger partial charge in [0, 0.05) is 61.8 Å². The van der Waals surface area contributed by atoms with Crippen molar-refractivity contribution in [3.05, 3.63) is 169 Å². The van der Waals surface area contributed by atoms with Gasteiger partial charge in [0.2, 0.25) is 0 Å². The number of anilines is 6. The molecular weight excluding hydrogens is 697 g/mol. The summed E-state index contributed by atoms with van der Waals surface area (Å²) >= 11 is 3.71. The summed E-state index contributed by atoms with van der Waals surface area (Å²) in [5, 5.41) is 5.29. The molecule has 12 rings (SSSR count). The van der Waals surface area contributed by atoms with Crippen LogP contribution in [0, 0.1) is 0 Å². The lowest BCUT2D eigenvalue weighted by molar-refractivity contribution is 0.716. The van der Waals surface area contributed by atoms with E-state index in [4.69, 9.17) is 0 Å². The molecule has 258 valence electrons. The third-order valence-corrected chi connectivity index (χ3v) is 14.1. The van der Waals surface area contributed by atoms with E-state index in [2.05, 4.69) is 191 Å². The van der Waals surface area contributed by atoms with Crippen molar-refractivity contribution in [3.63, 3.8) is 0 Å². The first kappa shape index (κ1) is 30.6. The summed E-state index contributed by atoms with van der Waals surface area (Å²) in [5.74, 6) is 0.236. The number of rotatable bonds is 2. The summed E-state index contributed by atoms with van der Waals surface area (Å²) in [6.07, 6.45) is 7.35. The second kappa shape index (κ2) is 11.3. The average molecular weight is 731 g/mol. The molecule has 1 aromatic heterocycles. The molecule has 4 heterocycles. The summed E-state index contributed by atoms with van der Waals surface area (Å²) in [4.78, 5) is 12.6. The molecule has 0 saturated heterocycles. The Kier molecular flexibility index (Phi) is 6.43. The van der Waals surface area contributed by atoms with E-state index >= 15 is 0 Å². The minimum atomic E-state index is 0.176. The third-order valence-electron chi connectivity index (χ3n) is 11.8. The zero-order valence-corrected chi connectivity index (χ0v) is 31.4. The first-order valence-electron chi connectivity index (χ1n) is 18.6. The fourth-order valence-electron chi connectivity index (χ4n) is 9.53. The standard InChI is InChI=1S/C48H34N4S2/c1-49-39-27-29(51-35-15-5-9-19-41(35)53-42-20-10-6-16-36(42)51)23-25-33(39)45-31-13-3-4-14-32(31)46-34-26-24-30(28-40(34)50(2)48(46)47(45)49)52-37-17-7-11-21-43(37)54-44-22-12-8-18-38(44)52/h3-28,33,39H,1-2H3. The van der Waals surface area contributed by atoms with Gasteiger partial charge in [0.25, 0.3) is 0 Å². The minimum absolute atomic E-state index is 0.176. The summed E-state index contributed by atoms with van der Waals surface area (Å²) in [6, 6.07) is 51.5. The van der Waals surface area contributed by atoms with Crippen LogP contribution in [0.4, 0.5) is 34.1 Å². The van der Waals surface area contributed by atoms with Crippen LogP contribution < -0.4 is 14.7 Å². The van der Waals surface area contributed by atoms with Gasteiger partial charge >= 0.3 is 0 Å². The molecule has 3 aliphatic heterocycles. The second-order valence-electron chi connectivity index (χ2n) is 14.6. The number of likely N-dealkylation sites (N-methyl/N-ethyl adjacent to an activating group) is 1. The third kappa shape index (κ3) is 4.12. The molecule has 8 aromatic rings. The maximum atomic E-state index is 2.56. The number of para-hydroxylation sites is 4.